The molecular formula is C13H21N3. The lowest BCUT2D eigenvalue weighted by molar-refractivity contribution is 0.440. The number of nitrogens with zero attached hydrogens (tertiary/aromatic N) is 1. The highest BCUT2D eigenvalue weighted by Gasteiger charge is 2.25. The van der Waals surface area contributed by atoms with Crippen LogP contribution in [-0.4, -0.2) is 23.3 Å². The third-order valence-corrected chi connectivity index (χ3v) is 4.21. The highest BCUT2D eigenvalue weighted by molar-refractivity contribution is 5.26. The van der Waals surface area contributed by atoms with Crippen LogP contribution in [0.15, 0.2) is 6.20 Å². The van der Waals surface area contributed by atoms with Crippen molar-refractivity contribution in [3.63, 3.8) is 0 Å². The zero-order valence-corrected chi connectivity index (χ0v) is 9.84. The molecule has 0 radical (unpaired) electrons. The largest absolute Gasteiger partial charge is 0.316 e. The molecule has 3 nitrogen and oxygen atoms in total. The van der Waals surface area contributed by atoms with E-state index in [2.05, 4.69) is 21.7 Å². The van der Waals surface area contributed by atoms with Crippen molar-refractivity contribution >= 4 is 0 Å². The summed E-state index contributed by atoms with van der Waals surface area (Å²) >= 11 is 0. The SMILES string of the molecule is c1n[nH]c(C2CCNC2)c1C1CCCCC1. The van der Waals surface area contributed by atoms with Gasteiger partial charge in [0, 0.05) is 18.2 Å². The van der Waals surface area contributed by atoms with Gasteiger partial charge in [-0.05, 0) is 37.3 Å². The fraction of sp³-hybridized carbons (Fsp3) is 0.769. The molecule has 1 aliphatic carbocycles. The van der Waals surface area contributed by atoms with E-state index >= 15 is 0 Å². The highest BCUT2D eigenvalue weighted by Crippen LogP contribution is 2.36. The Kier molecular flexibility index (Phi) is 2.96. The first-order chi connectivity index (χ1) is 7.95. The summed E-state index contributed by atoms with van der Waals surface area (Å²) in [4.78, 5) is 0. The van der Waals surface area contributed by atoms with Crippen LogP contribution in [-0.2, 0) is 0 Å². The van der Waals surface area contributed by atoms with Crippen LogP contribution in [0.1, 0.15) is 61.6 Å². The average Bonchev–Trinajstić information content (AvgIpc) is 3.01. The highest BCUT2D eigenvalue weighted by atomic mass is 15.1. The minimum atomic E-state index is 0.680. The van der Waals surface area contributed by atoms with E-state index in [4.69, 9.17) is 0 Å². The summed E-state index contributed by atoms with van der Waals surface area (Å²) in [5.41, 5.74) is 2.95. The van der Waals surface area contributed by atoms with Crippen molar-refractivity contribution in [2.75, 3.05) is 13.1 Å². The molecule has 3 rings (SSSR count). The van der Waals surface area contributed by atoms with Gasteiger partial charge in [-0.15, -0.1) is 0 Å². The third-order valence-electron chi connectivity index (χ3n) is 4.21. The number of rotatable bonds is 2. The molecule has 2 N–H and O–H groups in total. The predicted octanol–water partition coefficient (Wildman–Crippen LogP) is 2.53. The Balaban J connectivity index is 1.80. The number of hydrogen-bond acceptors (Lipinski definition) is 2. The number of H-pyrrole nitrogens is 1. The first kappa shape index (κ1) is 10.3. The topological polar surface area (TPSA) is 40.7 Å². The van der Waals surface area contributed by atoms with Crippen LogP contribution in [0.4, 0.5) is 0 Å². The first-order valence-corrected chi connectivity index (χ1v) is 6.69. The van der Waals surface area contributed by atoms with Gasteiger partial charge in [-0.1, -0.05) is 19.3 Å². The van der Waals surface area contributed by atoms with Gasteiger partial charge in [-0.25, -0.2) is 0 Å². The molecule has 1 saturated carbocycles. The van der Waals surface area contributed by atoms with Crippen LogP contribution in [0.5, 0.6) is 0 Å². The molecule has 16 heavy (non-hydrogen) atoms. The molecule has 1 aromatic rings. The molecule has 2 aliphatic rings. The lowest BCUT2D eigenvalue weighted by Gasteiger charge is -2.22. The van der Waals surface area contributed by atoms with Gasteiger partial charge < -0.3 is 5.32 Å². The molecule has 1 aromatic heterocycles. The maximum atomic E-state index is 4.29. The van der Waals surface area contributed by atoms with Crippen LogP contribution >= 0.6 is 0 Å². The summed E-state index contributed by atoms with van der Waals surface area (Å²) in [5.74, 6) is 1.46. The molecule has 1 aliphatic heterocycles. The molecule has 1 unspecified atom stereocenters. The van der Waals surface area contributed by atoms with Gasteiger partial charge in [0.2, 0.25) is 0 Å². The summed E-state index contributed by atoms with van der Waals surface area (Å²) in [7, 11) is 0. The number of nitrogens with one attached hydrogen (secondary N) is 2. The van der Waals surface area contributed by atoms with Crippen LogP contribution < -0.4 is 5.32 Å². The number of hydrogen-bond donors (Lipinski definition) is 2. The molecule has 88 valence electrons. The van der Waals surface area contributed by atoms with Crippen molar-refractivity contribution in [3.05, 3.63) is 17.5 Å². The van der Waals surface area contributed by atoms with Gasteiger partial charge >= 0.3 is 0 Å². The normalized spacial score (nSPS) is 27.4. The van der Waals surface area contributed by atoms with E-state index < -0.39 is 0 Å². The van der Waals surface area contributed by atoms with E-state index in [0.717, 1.165) is 19.0 Å². The molecular weight excluding hydrogens is 198 g/mol. The minimum Gasteiger partial charge on any atom is -0.316 e. The quantitative estimate of drug-likeness (QED) is 0.802. The second-order valence-electron chi connectivity index (χ2n) is 5.26. The van der Waals surface area contributed by atoms with Crippen LogP contribution in [0.25, 0.3) is 0 Å². The average molecular weight is 219 g/mol. The standard InChI is InChI=1S/C13H21N3/c1-2-4-10(5-3-1)12-9-15-16-13(12)11-6-7-14-8-11/h9-11,14H,1-8H2,(H,15,16). The molecule has 0 amide bonds. The Morgan fingerprint density at radius 1 is 1.06 bits per heavy atom. The minimum absolute atomic E-state index is 0.680. The fourth-order valence-corrected chi connectivity index (χ4v) is 3.27. The Hall–Kier alpha value is -0.830. The van der Waals surface area contributed by atoms with Crippen molar-refractivity contribution in [2.24, 2.45) is 0 Å². The maximum absolute atomic E-state index is 4.29. The molecule has 1 atom stereocenters. The summed E-state index contributed by atoms with van der Waals surface area (Å²) in [6.07, 6.45) is 10.3. The summed E-state index contributed by atoms with van der Waals surface area (Å²) in [6, 6.07) is 0. The van der Waals surface area contributed by atoms with Gasteiger partial charge in [-0.2, -0.15) is 5.10 Å². The van der Waals surface area contributed by atoms with E-state index in [1.165, 1.54) is 49.8 Å². The predicted molar refractivity (Wildman–Crippen MR) is 64.6 cm³/mol. The van der Waals surface area contributed by atoms with Crippen molar-refractivity contribution in [3.8, 4) is 0 Å². The summed E-state index contributed by atoms with van der Waals surface area (Å²) < 4.78 is 0. The van der Waals surface area contributed by atoms with Gasteiger partial charge in [0.15, 0.2) is 0 Å². The van der Waals surface area contributed by atoms with E-state index in [9.17, 15) is 0 Å². The molecule has 0 aromatic carbocycles. The molecule has 2 fully saturated rings. The zero-order valence-electron chi connectivity index (χ0n) is 9.84. The maximum Gasteiger partial charge on any atom is 0.0525 e. The van der Waals surface area contributed by atoms with Gasteiger partial charge in [0.05, 0.1) is 6.20 Å². The van der Waals surface area contributed by atoms with Crippen molar-refractivity contribution in [2.45, 2.75) is 50.4 Å². The molecule has 1 saturated heterocycles. The van der Waals surface area contributed by atoms with E-state index in [-0.39, 0.29) is 0 Å². The lowest BCUT2D eigenvalue weighted by atomic mass is 9.82. The molecule has 3 heteroatoms. The van der Waals surface area contributed by atoms with Crippen LogP contribution in [0.2, 0.25) is 0 Å². The van der Waals surface area contributed by atoms with E-state index in [1.54, 1.807) is 0 Å². The fourth-order valence-electron chi connectivity index (χ4n) is 3.27. The number of aromatic nitrogens is 2. The Morgan fingerprint density at radius 2 is 1.94 bits per heavy atom. The second kappa shape index (κ2) is 4.58. The van der Waals surface area contributed by atoms with Crippen LogP contribution in [0, 0.1) is 0 Å². The van der Waals surface area contributed by atoms with E-state index in [1.807, 2.05) is 0 Å². The molecule has 0 spiro atoms. The molecule has 0 bridgehead atoms. The number of aromatic amines is 1. The van der Waals surface area contributed by atoms with Gasteiger partial charge in [0.25, 0.3) is 0 Å². The summed E-state index contributed by atoms with van der Waals surface area (Å²) in [5, 5.41) is 11.0. The smallest absolute Gasteiger partial charge is 0.0525 e. The van der Waals surface area contributed by atoms with Crippen molar-refractivity contribution < 1.29 is 0 Å². The van der Waals surface area contributed by atoms with E-state index in [0.29, 0.717) is 5.92 Å². The third kappa shape index (κ3) is 1.88. The second-order valence-corrected chi connectivity index (χ2v) is 5.26. The molecule has 2 heterocycles. The van der Waals surface area contributed by atoms with Crippen LogP contribution in [0.3, 0.4) is 0 Å². The van der Waals surface area contributed by atoms with Gasteiger partial charge in [0.1, 0.15) is 0 Å². The Bertz CT molecular complexity index is 333. The lowest BCUT2D eigenvalue weighted by Crippen LogP contribution is -2.12. The van der Waals surface area contributed by atoms with Crippen molar-refractivity contribution in [1.82, 2.24) is 15.5 Å². The zero-order chi connectivity index (χ0) is 10.8. The monoisotopic (exact) mass is 219 g/mol. The Morgan fingerprint density at radius 3 is 2.69 bits per heavy atom. The Labute approximate surface area is 97.0 Å². The summed E-state index contributed by atoms with van der Waals surface area (Å²) in [6.45, 7) is 2.29. The van der Waals surface area contributed by atoms with Gasteiger partial charge in [-0.3, -0.25) is 5.10 Å². The van der Waals surface area contributed by atoms with Crippen molar-refractivity contribution in [1.29, 1.82) is 0 Å². The first-order valence-electron chi connectivity index (χ1n) is 6.69.